The number of ether oxygens (including phenoxy) is 2. The molecule has 0 radical (unpaired) electrons. The molecule has 0 saturated carbocycles. The highest BCUT2D eigenvalue weighted by Crippen LogP contribution is 2.30. The molecule has 0 atom stereocenters. The average Bonchev–Trinajstić information content (AvgIpc) is 2.30. The van der Waals surface area contributed by atoms with Gasteiger partial charge < -0.3 is 9.47 Å². The molecule has 1 heterocycles. The zero-order chi connectivity index (χ0) is 15.3. The van der Waals surface area contributed by atoms with Crippen LogP contribution >= 0.6 is 34.2 Å². The van der Waals surface area contributed by atoms with Gasteiger partial charge in [-0.2, -0.15) is 0 Å². The van der Waals surface area contributed by atoms with Gasteiger partial charge in [0.15, 0.2) is 0 Å². The number of alkyl halides is 4. The van der Waals surface area contributed by atoms with Gasteiger partial charge in [0.2, 0.25) is 0 Å². The highest BCUT2D eigenvalue weighted by Gasteiger charge is 2.33. The summed E-state index contributed by atoms with van der Waals surface area (Å²) in [7, 11) is 0. The third-order valence-corrected chi connectivity index (χ3v) is 2.92. The van der Waals surface area contributed by atoms with Crippen molar-refractivity contribution in [3.05, 3.63) is 21.0 Å². The Morgan fingerprint density at radius 2 is 2.15 bits per heavy atom. The zero-order valence-electron chi connectivity index (χ0n) is 10.3. The fraction of sp³-hybridized carbons (Fsp3) is 0.455. The molecule has 4 nitrogen and oxygen atoms in total. The molecule has 0 saturated heterocycles. The van der Waals surface area contributed by atoms with E-state index in [-0.39, 0.29) is 33.9 Å². The van der Waals surface area contributed by atoms with Gasteiger partial charge in [0.1, 0.15) is 9.45 Å². The quantitative estimate of drug-likeness (QED) is 0.315. The fourth-order valence-corrected chi connectivity index (χ4v) is 2.23. The Labute approximate surface area is 131 Å². The van der Waals surface area contributed by atoms with Crippen molar-refractivity contribution < 1.29 is 27.4 Å². The first-order valence-corrected chi connectivity index (χ1v) is 7.03. The number of esters is 1. The maximum atomic E-state index is 12.4. The number of aromatic nitrogens is 1. The van der Waals surface area contributed by atoms with E-state index in [1.54, 1.807) is 29.5 Å². The summed E-state index contributed by atoms with van der Waals surface area (Å²) < 4.78 is 46.1. The summed E-state index contributed by atoms with van der Waals surface area (Å²) in [6, 6.07) is 1.10. The Balaban J connectivity index is 3.18. The van der Waals surface area contributed by atoms with E-state index >= 15 is 0 Å². The molecule has 0 aliphatic heterocycles. The topological polar surface area (TPSA) is 48.4 Å². The molecule has 9 heteroatoms. The molecule has 0 aliphatic rings. The second-order valence-corrected chi connectivity index (χ2v) is 4.90. The van der Waals surface area contributed by atoms with E-state index in [0.717, 1.165) is 6.07 Å². The van der Waals surface area contributed by atoms with Crippen molar-refractivity contribution in [3.63, 3.8) is 0 Å². The van der Waals surface area contributed by atoms with Crippen molar-refractivity contribution in [1.29, 1.82) is 0 Å². The summed E-state index contributed by atoms with van der Waals surface area (Å²) in [4.78, 5) is 15.4. The van der Waals surface area contributed by atoms with Crippen LogP contribution in [-0.2, 0) is 21.8 Å². The van der Waals surface area contributed by atoms with Crippen molar-refractivity contribution in [2.45, 2.75) is 25.6 Å². The van der Waals surface area contributed by atoms with Crippen LogP contribution in [0.4, 0.5) is 13.2 Å². The number of hydrogen-bond acceptors (Lipinski definition) is 4. The smallest absolute Gasteiger partial charge is 0.466 e. The highest BCUT2D eigenvalue weighted by atomic mass is 127. The number of nitrogens with zero attached hydrogens (tertiary/aromatic N) is 1. The lowest BCUT2D eigenvalue weighted by Gasteiger charge is -2.15. The molecule has 0 N–H and O–H groups in total. The Morgan fingerprint density at radius 3 is 2.65 bits per heavy atom. The molecule has 0 fully saturated rings. The molecule has 112 valence electrons. The van der Waals surface area contributed by atoms with Gasteiger partial charge in [-0.3, -0.25) is 4.79 Å². The summed E-state index contributed by atoms with van der Waals surface area (Å²) in [6.07, 6.45) is -5.25. The van der Waals surface area contributed by atoms with Crippen LogP contribution in [0.2, 0.25) is 0 Å². The molecule has 1 aromatic heterocycles. The van der Waals surface area contributed by atoms with Crippen LogP contribution in [0.3, 0.4) is 0 Å². The molecule has 0 unspecified atom stereocenters. The van der Waals surface area contributed by atoms with Crippen molar-refractivity contribution >= 4 is 40.2 Å². The third-order valence-electron chi connectivity index (χ3n) is 2.12. The predicted octanol–water partition coefficient (Wildman–Crippen LogP) is 3.43. The maximum Gasteiger partial charge on any atom is 0.573 e. The van der Waals surface area contributed by atoms with Gasteiger partial charge >= 0.3 is 12.3 Å². The van der Waals surface area contributed by atoms with Gasteiger partial charge in [0, 0.05) is 11.6 Å². The summed E-state index contributed by atoms with van der Waals surface area (Å²) in [6.45, 7) is 1.72. The molecule has 0 bridgehead atoms. The molecule has 20 heavy (non-hydrogen) atoms. The molecule has 0 aromatic carbocycles. The molecular formula is C11H10ClF3INO3. The average molecular weight is 424 g/mol. The van der Waals surface area contributed by atoms with E-state index < -0.39 is 18.1 Å². The van der Waals surface area contributed by atoms with Crippen LogP contribution in [0, 0.1) is 3.70 Å². The van der Waals surface area contributed by atoms with E-state index in [1.165, 1.54) is 0 Å². The Bertz CT molecular complexity index is 497. The lowest BCUT2D eigenvalue weighted by molar-refractivity contribution is -0.275. The minimum Gasteiger partial charge on any atom is -0.466 e. The molecule has 0 aliphatic carbocycles. The van der Waals surface area contributed by atoms with Gasteiger partial charge in [-0.25, -0.2) is 4.98 Å². The largest absolute Gasteiger partial charge is 0.573 e. The van der Waals surface area contributed by atoms with Crippen LogP contribution in [-0.4, -0.2) is 23.9 Å². The summed E-state index contributed by atoms with van der Waals surface area (Å²) in [5.74, 6) is -1.30. The summed E-state index contributed by atoms with van der Waals surface area (Å²) in [5, 5.41) is 0. The minimum atomic E-state index is -4.86. The summed E-state index contributed by atoms with van der Waals surface area (Å²) >= 11 is 7.39. The van der Waals surface area contributed by atoms with Crippen molar-refractivity contribution in [2.24, 2.45) is 0 Å². The highest BCUT2D eigenvalue weighted by molar-refractivity contribution is 14.1. The molecule has 0 amide bonds. The van der Waals surface area contributed by atoms with Crippen LogP contribution in [0.5, 0.6) is 5.75 Å². The normalized spacial score (nSPS) is 11.3. The summed E-state index contributed by atoms with van der Waals surface area (Å²) in [5.41, 5.74) is 0.141. The van der Waals surface area contributed by atoms with Crippen molar-refractivity contribution in [1.82, 2.24) is 4.98 Å². The van der Waals surface area contributed by atoms with E-state index in [2.05, 4.69) is 9.72 Å². The monoisotopic (exact) mass is 423 g/mol. The van der Waals surface area contributed by atoms with Gasteiger partial charge in [-0.1, -0.05) is 0 Å². The Hall–Kier alpha value is -0.770. The molecule has 0 spiro atoms. The third kappa shape index (κ3) is 5.31. The molecular weight excluding hydrogens is 413 g/mol. The van der Waals surface area contributed by atoms with Crippen molar-refractivity contribution in [3.8, 4) is 5.75 Å². The first kappa shape index (κ1) is 17.3. The molecule has 1 aromatic rings. The first-order valence-electron chi connectivity index (χ1n) is 5.42. The van der Waals surface area contributed by atoms with Crippen molar-refractivity contribution in [2.75, 3.05) is 6.61 Å². The van der Waals surface area contributed by atoms with Crippen LogP contribution < -0.4 is 4.74 Å². The van der Waals surface area contributed by atoms with E-state index in [0.29, 0.717) is 0 Å². The maximum absolute atomic E-state index is 12.4. The Morgan fingerprint density at radius 1 is 1.50 bits per heavy atom. The second-order valence-electron chi connectivity index (χ2n) is 3.53. The van der Waals surface area contributed by atoms with Crippen LogP contribution in [0.15, 0.2) is 6.07 Å². The van der Waals surface area contributed by atoms with E-state index in [4.69, 9.17) is 16.3 Å². The zero-order valence-corrected chi connectivity index (χ0v) is 13.2. The Kier molecular flexibility index (Phi) is 6.31. The lowest BCUT2D eigenvalue weighted by Crippen LogP contribution is -2.20. The number of carbonyl (C=O) groups excluding carboxylic acids is 1. The fourth-order valence-electron chi connectivity index (χ4n) is 1.44. The van der Waals surface area contributed by atoms with E-state index in [9.17, 15) is 18.0 Å². The van der Waals surface area contributed by atoms with Crippen LogP contribution in [0.25, 0.3) is 0 Å². The predicted molar refractivity (Wildman–Crippen MR) is 73.5 cm³/mol. The standard InChI is InChI=1S/C11H10ClF3INO3/c1-2-19-10(18)3-6-7(5-12)17-9(16)4-8(6)20-11(13,14)15/h4H,2-3,5H2,1H3. The SMILES string of the molecule is CCOC(=O)Cc1c(OC(F)(F)F)cc(I)nc1CCl. The number of carbonyl (C=O) groups is 1. The minimum absolute atomic E-state index is 0.0174. The second kappa shape index (κ2) is 7.30. The van der Waals surface area contributed by atoms with E-state index in [1.807, 2.05) is 0 Å². The first-order chi connectivity index (χ1) is 9.26. The van der Waals surface area contributed by atoms with Crippen LogP contribution in [0.1, 0.15) is 18.2 Å². The lowest BCUT2D eigenvalue weighted by atomic mass is 10.1. The number of hydrogen-bond donors (Lipinski definition) is 0. The molecule has 1 rings (SSSR count). The van der Waals surface area contributed by atoms with Gasteiger partial charge in [0.05, 0.1) is 24.6 Å². The number of pyridine rings is 1. The van der Waals surface area contributed by atoms with Gasteiger partial charge in [-0.05, 0) is 29.5 Å². The van der Waals surface area contributed by atoms with Gasteiger partial charge in [0.25, 0.3) is 0 Å². The number of rotatable bonds is 5. The number of halogens is 5. The van der Waals surface area contributed by atoms with Gasteiger partial charge in [-0.15, -0.1) is 24.8 Å².